The molecule has 1 aromatic rings. The van der Waals surface area contributed by atoms with E-state index in [4.69, 9.17) is 14.2 Å². The van der Waals surface area contributed by atoms with E-state index >= 15 is 0 Å². The SMILES string of the molecule is CC/C=C\C/C=C\C/C=C\C/C=C\C/C=C\CCCC(=O)NC1[C@H](OC(=O)c2ccccc2OC(C)=O)OC(CO)[C@@H](O)[C@@H]1O. The highest BCUT2D eigenvalue weighted by atomic mass is 16.7. The number of unbranched alkanes of at least 4 members (excludes halogenated alkanes) is 1. The lowest BCUT2D eigenvalue weighted by Gasteiger charge is -2.41. The maximum Gasteiger partial charge on any atom is 0.344 e. The second-order valence-electron chi connectivity index (χ2n) is 10.4. The number of carbonyl (C=O) groups is 3. The Kier molecular flexibility index (Phi) is 18.1. The van der Waals surface area contributed by atoms with E-state index in [9.17, 15) is 29.7 Å². The number of rotatable bonds is 18. The van der Waals surface area contributed by atoms with E-state index in [2.05, 4.69) is 60.8 Å². The number of hydrogen-bond acceptors (Lipinski definition) is 9. The zero-order valence-electron chi connectivity index (χ0n) is 26.1. The van der Waals surface area contributed by atoms with Gasteiger partial charge in [0.15, 0.2) is 0 Å². The van der Waals surface area contributed by atoms with E-state index in [0.717, 1.165) is 32.1 Å². The minimum Gasteiger partial charge on any atom is -0.430 e. The predicted molar refractivity (Wildman–Crippen MR) is 171 cm³/mol. The fraction of sp³-hybridized carbons (Fsp3) is 0.457. The van der Waals surface area contributed by atoms with Crippen LogP contribution in [0.5, 0.6) is 5.75 Å². The number of benzene rings is 1. The minimum atomic E-state index is -1.59. The van der Waals surface area contributed by atoms with Gasteiger partial charge in [-0.25, -0.2) is 4.79 Å². The molecule has 1 amide bonds. The van der Waals surface area contributed by atoms with Gasteiger partial charge in [0.2, 0.25) is 12.2 Å². The first-order chi connectivity index (χ1) is 21.8. The van der Waals surface area contributed by atoms with Crippen LogP contribution in [0, 0.1) is 0 Å². The summed E-state index contributed by atoms with van der Waals surface area (Å²) < 4.78 is 16.0. The molecule has 0 radical (unpaired) electrons. The second-order valence-corrected chi connectivity index (χ2v) is 10.4. The molecule has 0 aliphatic carbocycles. The summed E-state index contributed by atoms with van der Waals surface area (Å²) in [6.07, 6.45) is 21.1. The number of esters is 2. The lowest BCUT2D eigenvalue weighted by Crippen LogP contribution is -2.65. The van der Waals surface area contributed by atoms with Crippen molar-refractivity contribution < 1.29 is 43.9 Å². The van der Waals surface area contributed by atoms with Crippen molar-refractivity contribution in [2.45, 2.75) is 95.9 Å². The molecule has 246 valence electrons. The van der Waals surface area contributed by atoms with E-state index in [-0.39, 0.29) is 17.7 Å². The quantitative estimate of drug-likeness (QED) is 0.0793. The molecule has 2 unspecified atom stereocenters. The van der Waals surface area contributed by atoms with E-state index in [1.807, 2.05) is 12.2 Å². The molecule has 0 spiro atoms. The molecule has 10 heteroatoms. The first-order valence-electron chi connectivity index (χ1n) is 15.4. The van der Waals surface area contributed by atoms with Gasteiger partial charge >= 0.3 is 11.9 Å². The van der Waals surface area contributed by atoms with Gasteiger partial charge in [-0.3, -0.25) is 9.59 Å². The van der Waals surface area contributed by atoms with Crippen LogP contribution in [0.3, 0.4) is 0 Å². The smallest absolute Gasteiger partial charge is 0.344 e. The van der Waals surface area contributed by atoms with Crippen LogP contribution in [0.1, 0.15) is 75.6 Å². The summed E-state index contributed by atoms with van der Waals surface area (Å²) in [5, 5.41) is 33.2. The van der Waals surface area contributed by atoms with Gasteiger partial charge in [-0.2, -0.15) is 0 Å². The summed E-state index contributed by atoms with van der Waals surface area (Å²) in [4.78, 5) is 37.1. The topological polar surface area (TPSA) is 152 Å². The molecule has 0 saturated carbocycles. The number of carbonyl (C=O) groups excluding carboxylic acids is 3. The van der Waals surface area contributed by atoms with Crippen molar-refractivity contribution in [1.82, 2.24) is 5.32 Å². The number of para-hydroxylation sites is 1. The molecular formula is C35H47NO9. The van der Waals surface area contributed by atoms with Crippen LogP contribution < -0.4 is 10.1 Å². The van der Waals surface area contributed by atoms with Gasteiger partial charge < -0.3 is 34.8 Å². The van der Waals surface area contributed by atoms with Gasteiger partial charge in [-0.05, 0) is 57.1 Å². The first kappa shape index (κ1) is 37.4. The van der Waals surface area contributed by atoms with Crippen molar-refractivity contribution in [3.63, 3.8) is 0 Å². The third-order valence-corrected chi connectivity index (χ3v) is 6.72. The fourth-order valence-corrected chi connectivity index (χ4v) is 4.39. The molecule has 45 heavy (non-hydrogen) atoms. The normalized spacial score (nSPS) is 22.2. The van der Waals surface area contributed by atoms with Crippen molar-refractivity contribution in [3.8, 4) is 5.75 Å². The lowest BCUT2D eigenvalue weighted by molar-refractivity contribution is -0.253. The summed E-state index contributed by atoms with van der Waals surface area (Å²) in [6.45, 7) is 2.64. The average Bonchev–Trinajstić information content (AvgIpc) is 3.02. The highest BCUT2D eigenvalue weighted by Crippen LogP contribution is 2.26. The third kappa shape index (κ3) is 14.2. The van der Waals surface area contributed by atoms with E-state index < -0.39 is 55.1 Å². The highest BCUT2D eigenvalue weighted by molar-refractivity contribution is 5.93. The summed E-state index contributed by atoms with van der Waals surface area (Å²) in [7, 11) is 0. The number of aliphatic hydroxyl groups is 3. The maximum atomic E-state index is 12.9. The number of aliphatic hydroxyl groups excluding tert-OH is 3. The molecule has 1 saturated heterocycles. The van der Waals surface area contributed by atoms with Gasteiger partial charge in [0, 0.05) is 13.3 Å². The molecule has 1 aliphatic heterocycles. The van der Waals surface area contributed by atoms with Crippen molar-refractivity contribution in [1.29, 1.82) is 0 Å². The van der Waals surface area contributed by atoms with Crippen molar-refractivity contribution in [2.24, 2.45) is 0 Å². The Bertz CT molecular complexity index is 1200. The van der Waals surface area contributed by atoms with Gasteiger partial charge in [-0.15, -0.1) is 0 Å². The number of allylic oxidation sites excluding steroid dienone is 10. The zero-order chi connectivity index (χ0) is 32.9. The largest absolute Gasteiger partial charge is 0.430 e. The minimum absolute atomic E-state index is 0.0410. The standard InChI is InChI=1S/C35H47NO9/c1-3-4-5-6-7-8-9-10-11-12-13-14-15-16-17-18-19-24-30(39)36-31-33(41)32(40)29(25-37)44-35(31)45-34(42)27-22-20-21-23-28(27)43-26(2)38/h4-5,7-8,10-11,13-14,16-17,20-23,29,31-33,35,37,40-41H,3,6,9,12,15,18-19,24-25H2,1-2H3,(H,36,39)/b5-4-,8-7-,11-10-,14-13-,17-16-/t29?,31?,32-,33-,35+/m1/s1. The molecule has 5 atom stereocenters. The van der Waals surface area contributed by atoms with Gasteiger partial charge in [0.1, 0.15) is 35.7 Å². The molecule has 0 aromatic heterocycles. The van der Waals surface area contributed by atoms with Gasteiger partial charge in [0.25, 0.3) is 0 Å². The first-order valence-corrected chi connectivity index (χ1v) is 15.4. The van der Waals surface area contributed by atoms with E-state index in [1.54, 1.807) is 6.07 Å². The van der Waals surface area contributed by atoms with Crippen molar-refractivity contribution in [2.75, 3.05) is 6.61 Å². The molecule has 10 nitrogen and oxygen atoms in total. The predicted octanol–water partition coefficient (Wildman–Crippen LogP) is 4.61. The van der Waals surface area contributed by atoms with Crippen LogP contribution in [0.25, 0.3) is 0 Å². The van der Waals surface area contributed by atoms with Crippen LogP contribution in [-0.2, 0) is 19.1 Å². The fourth-order valence-electron chi connectivity index (χ4n) is 4.39. The summed E-state index contributed by atoms with van der Waals surface area (Å²) in [5.41, 5.74) is -0.0837. The monoisotopic (exact) mass is 625 g/mol. The number of nitrogens with one attached hydrogen (secondary N) is 1. The van der Waals surface area contributed by atoms with Crippen LogP contribution in [-0.4, -0.2) is 70.4 Å². The van der Waals surface area contributed by atoms with E-state index in [1.165, 1.54) is 25.1 Å². The zero-order valence-corrected chi connectivity index (χ0v) is 26.1. The molecule has 1 heterocycles. The van der Waals surface area contributed by atoms with Crippen LogP contribution in [0.2, 0.25) is 0 Å². The maximum absolute atomic E-state index is 12.9. The average molecular weight is 626 g/mol. The Morgan fingerprint density at radius 1 is 0.867 bits per heavy atom. The second kappa shape index (κ2) is 21.8. The molecule has 4 N–H and O–H groups in total. The molecule has 1 aromatic carbocycles. The Balaban J connectivity index is 1.80. The molecule has 2 rings (SSSR count). The van der Waals surface area contributed by atoms with Crippen LogP contribution in [0.4, 0.5) is 0 Å². The highest BCUT2D eigenvalue weighted by Gasteiger charge is 2.47. The van der Waals surface area contributed by atoms with Crippen LogP contribution in [0.15, 0.2) is 85.0 Å². The lowest BCUT2D eigenvalue weighted by atomic mass is 9.96. The number of hydrogen-bond donors (Lipinski definition) is 4. The third-order valence-electron chi connectivity index (χ3n) is 6.72. The van der Waals surface area contributed by atoms with Gasteiger partial charge in [0.05, 0.1) is 6.61 Å². The Labute approximate surface area is 265 Å². The molecule has 0 bridgehead atoms. The molecular weight excluding hydrogens is 578 g/mol. The van der Waals surface area contributed by atoms with Crippen molar-refractivity contribution >= 4 is 17.8 Å². The Morgan fingerprint density at radius 2 is 1.44 bits per heavy atom. The van der Waals surface area contributed by atoms with Crippen molar-refractivity contribution in [3.05, 3.63) is 90.6 Å². The Morgan fingerprint density at radius 3 is 2.02 bits per heavy atom. The number of amides is 1. The Hall–Kier alpha value is -3.83. The van der Waals surface area contributed by atoms with Gasteiger partial charge in [-0.1, -0.05) is 79.8 Å². The number of ether oxygens (including phenoxy) is 3. The summed E-state index contributed by atoms with van der Waals surface area (Å²) in [6, 6.07) is 4.58. The summed E-state index contributed by atoms with van der Waals surface area (Å²) in [5.74, 6) is -2.07. The summed E-state index contributed by atoms with van der Waals surface area (Å²) >= 11 is 0. The van der Waals surface area contributed by atoms with Crippen LogP contribution >= 0.6 is 0 Å². The molecule has 1 aliphatic rings. The van der Waals surface area contributed by atoms with E-state index in [0.29, 0.717) is 12.8 Å². The molecule has 1 fully saturated rings.